The largest absolute Gasteiger partial charge is 0.505 e. The van der Waals surface area contributed by atoms with Crippen LogP contribution < -0.4 is 4.74 Å². The Morgan fingerprint density at radius 3 is 2.31 bits per heavy atom. The van der Waals surface area contributed by atoms with Gasteiger partial charge in [-0.2, -0.15) is 0 Å². The van der Waals surface area contributed by atoms with Gasteiger partial charge in [-0.25, -0.2) is 8.51 Å². The van der Waals surface area contributed by atoms with Crippen LogP contribution in [0.4, 0.5) is 0 Å². The Morgan fingerprint density at radius 2 is 1.76 bits per heavy atom. The lowest BCUT2D eigenvalue weighted by atomic mass is 9.85. The first-order valence-electron chi connectivity index (χ1n) is 9.55. The maximum absolute atomic E-state index is 13.5. The Kier molecular flexibility index (Phi) is 6.87. The van der Waals surface area contributed by atoms with Crippen molar-refractivity contribution in [2.45, 2.75) is 24.8 Å². The summed E-state index contributed by atoms with van der Waals surface area (Å²) in [5, 5.41) is 0. The Hall–Kier alpha value is -2.44. The van der Waals surface area contributed by atoms with Gasteiger partial charge in [0.2, 0.25) is 0 Å². The Morgan fingerprint density at radius 1 is 1.10 bits per heavy atom. The number of nitrogens with zero attached hydrogens (tertiary/aromatic N) is 1. The topological polar surface area (TPSA) is 55.8 Å². The fourth-order valence-electron chi connectivity index (χ4n) is 3.80. The molecule has 0 aliphatic carbocycles. The highest BCUT2D eigenvalue weighted by molar-refractivity contribution is 7.82. The van der Waals surface area contributed by atoms with Gasteiger partial charge in [0.15, 0.2) is 0 Å². The van der Waals surface area contributed by atoms with E-state index in [1.54, 1.807) is 27.4 Å². The first kappa shape index (κ1) is 21.3. The van der Waals surface area contributed by atoms with Crippen LogP contribution in [0.5, 0.6) is 5.75 Å². The number of carbonyl (C=O) groups is 1. The molecule has 0 radical (unpaired) electrons. The molecule has 1 saturated heterocycles. The number of methoxy groups -OCH3 is 2. The third kappa shape index (κ3) is 4.60. The summed E-state index contributed by atoms with van der Waals surface area (Å²) in [4.78, 5) is 13.2. The summed E-state index contributed by atoms with van der Waals surface area (Å²) in [6.07, 6.45) is 3.52. The van der Waals surface area contributed by atoms with E-state index in [4.69, 9.17) is 9.47 Å². The van der Waals surface area contributed by atoms with Crippen LogP contribution in [0.3, 0.4) is 0 Å². The normalized spacial score (nSPS) is 23.2. The van der Waals surface area contributed by atoms with Gasteiger partial charge in [0, 0.05) is 18.4 Å². The van der Waals surface area contributed by atoms with Crippen LogP contribution in [0.15, 0.2) is 65.8 Å². The molecule has 2 aromatic carbocycles. The average Bonchev–Trinajstić information content (AvgIpc) is 3.12. The Balaban J connectivity index is 2.05. The van der Waals surface area contributed by atoms with Crippen LogP contribution in [0.25, 0.3) is 0 Å². The van der Waals surface area contributed by atoms with Crippen LogP contribution in [-0.2, 0) is 20.5 Å². The van der Waals surface area contributed by atoms with Gasteiger partial charge in [-0.3, -0.25) is 4.79 Å². The number of carbonyl (C=O) groups excluding carboxylic acids is 1. The van der Waals surface area contributed by atoms with E-state index in [1.165, 1.54) is 0 Å². The number of rotatable bonds is 7. The summed E-state index contributed by atoms with van der Waals surface area (Å²) in [7, 11) is 1.81. The molecule has 0 aromatic heterocycles. The van der Waals surface area contributed by atoms with E-state index in [1.807, 2.05) is 65.8 Å². The van der Waals surface area contributed by atoms with E-state index in [2.05, 4.69) is 0 Å². The van der Waals surface area contributed by atoms with Crippen LogP contribution in [0.2, 0.25) is 0 Å². The highest BCUT2D eigenvalue weighted by atomic mass is 32.2. The minimum Gasteiger partial charge on any atom is -0.505 e. The van der Waals surface area contributed by atoms with Crippen molar-refractivity contribution in [1.82, 2.24) is 4.31 Å². The lowest BCUT2D eigenvalue weighted by Gasteiger charge is -2.26. The highest BCUT2D eigenvalue weighted by Gasteiger charge is 2.46. The standard InChI is InChI=1S/C23H27NO4S/c1-16-5-11-20(12-6-16)29(26)24-15-22(17(2)25)21(13-14-27-3)23(24)18-7-9-19(28-4)10-8-18/h5-14,21-23H,15H2,1-4H3/b14-13+/t21-,22+,23+,29?/m0/s1. The van der Waals surface area contributed by atoms with E-state index in [0.717, 1.165) is 21.8 Å². The fourth-order valence-corrected chi connectivity index (χ4v) is 5.20. The average molecular weight is 414 g/mol. The zero-order valence-electron chi connectivity index (χ0n) is 17.2. The van der Waals surface area contributed by atoms with Gasteiger partial charge in [0.05, 0.1) is 31.4 Å². The molecule has 1 aliphatic heterocycles. The summed E-state index contributed by atoms with van der Waals surface area (Å²) in [5.41, 5.74) is 2.10. The molecule has 29 heavy (non-hydrogen) atoms. The van der Waals surface area contributed by atoms with Gasteiger partial charge in [-0.15, -0.1) is 0 Å². The number of ketones is 1. The summed E-state index contributed by atoms with van der Waals surface area (Å²) in [6, 6.07) is 15.2. The zero-order chi connectivity index (χ0) is 21.0. The number of hydrogen-bond acceptors (Lipinski definition) is 4. The summed E-state index contributed by atoms with van der Waals surface area (Å²) in [5.74, 6) is 0.431. The number of benzene rings is 2. The molecular weight excluding hydrogens is 386 g/mol. The van der Waals surface area contributed by atoms with Crippen molar-refractivity contribution in [3.63, 3.8) is 0 Å². The first-order valence-corrected chi connectivity index (χ1v) is 10.7. The van der Waals surface area contributed by atoms with Crippen molar-refractivity contribution < 1.29 is 18.5 Å². The van der Waals surface area contributed by atoms with Crippen LogP contribution in [0, 0.1) is 18.8 Å². The second-order valence-corrected chi connectivity index (χ2v) is 8.68. The molecule has 0 saturated carbocycles. The van der Waals surface area contributed by atoms with E-state index in [-0.39, 0.29) is 23.7 Å². The third-order valence-corrected chi connectivity index (χ3v) is 6.85. The predicted molar refractivity (Wildman–Crippen MR) is 114 cm³/mol. The highest BCUT2D eigenvalue weighted by Crippen LogP contribution is 2.44. The quantitative estimate of drug-likeness (QED) is 0.642. The molecule has 5 nitrogen and oxygen atoms in total. The molecule has 1 heterocycles. The van der Waals surface area contributed by atoms with E-state index in [0.29, 0.717) is 6.54 Å². The number of Topliss-reactive ketones (excluding diaryl/α,β-unsaturated/α-hetero) is 1. The minimum absolute atomic E-state index is 0.0812. The molecule has 6 heteroatoms. The maximum Gasteiger partial charge on any atom is 0.134 e. The van der Waals surface area contributed by atoms with Gasteiger partial charge in [-0.05, 0) is 49.8 Å². The number of aryl methyl sites for hydroxylation is 1. The summed E-state index contributed by atoms with van der Waals surface area (Å²) >= 11 is 0. The second-order valence-electron chi connectivity index (χ2n) is 7.24. The predicted octanol–water partition coefficient (Wildman–Crippen LogP) is 4.06. The van der Waals surface area contributed by atoms with Crippen molar-refractivity contribution in [3.8, 4) is 5.75 Å². The van der Waals surface area contributed by atoms with E-state index < -0.39 is 11.0 Å². The number of ether oxygens (including phenoxy) is 2. The molecule has 0 amide bonds. The molecule has 2 aromatic rings. The smallest absolute Gasteiger partial charge is 0.134 e. The monoisotopic (exact) mass is 413 g/mol. The lowest BCUT2D eigenvalue weighted by molar-refractivity contribution is -0.121. The van der Waals surface area contributed by atoms with Crippen LogP contribution in [-0.4, -0.2) is 35.1 Å². The van der Waals surface area contributed by atoms with Gasteiger partial charge >= 0.3 is 0 Å². The SMILES string of the molecule is CO/C=C/[C@H]1[C@@H](C(C)=O)CN(S(=O)c2ccc(C)cc2)[C@@H]1c1ccc(OC)cc1. The third-order valence-electron chi connectivity index (χ3n) is 5.37. The molecule has 154 valence electrons. The van der Waals surface area contributed by atoms with Gasteiger partial charge in [-0.1, -0.05) is 29.8 Å². The Labute approximate surface area is 174 Å². The molecule has 3 rings (SSSR count). The zero-order valence-corrected chi connectivity index (χ0v) is 18.0. The van der Waals surface area contributed by atoms with E-state index >= 15 is 0 Å². The lowest BCUT2D eigenvalue weighted by Crippen LogP contribution is -2.27. The van der Waals surface area contributed by atoms with Gasteiger partial charge in [0.25, 0.3) is 0 Å². The number of hydrogen-bond donors (Lipinski definition) is 0. The molecule has 0 N–H and O–H groups in total. The molecule has 0 bridgehead atoms. The Bertz CT molecular complexity index is 892. The molecule has 0 spiro atoms. The minimum atomic E-state index is -1.39. The molecule has 1 unspecified atom stereocenters. The summed E-state index contributed by atoms with van der Waals surface area (Å²) in [6.45, 7) is 4.02. The van der Waals surface area contributed by atoms with Crippen molar-refractivity contribution in [3.05, 3.63) is 72.0 Å². The van der Waals surface area contributed by atoms with Gasteiger partial charge < -0.3 is 9.47 Å². The van der Waals surface area contributed by atoms with Crippen LogP contribution in [0.1, 0.15) is 24.1 Å². The van der Waals surface area contributed by atoms with Crippen LogP contribution >= 0.6 is 0 Å². The molecule has 1 fully saturated rings. The summed E-state index contributed by atoms with van der Waals surface area (Å²) < 4.78 is 25.8. The molecular formula is C23H27NO4S. The maximum atomic E-state index is 13.5. The van der Waals surface area contributed by atoms with Gasteiger partial charge in [0.1, 0.15) is 22.5 Å². The van der Waals surface area contributed by atoms with Crippen molar-refractivity contribution in [2.24, 2.45) is 11.8 Å². The fraction of sp³-hybridized carbons (Fsp3) is 0.348. The van der Waals surface area contributed by atoms with Crippen molar-refractivity contribution >= 4 is 16.8 Å². The molecule has 1 aliphatic rings. The van der Waals surface area contributed by atoms with Crippen molar-refractivity contribution in [1.29, 1.82) is 0 Å². The molecule has 4 atom stereocenters. The van der Waals surface area contributed by atoms with Crippen molar-refractivity contribution in [2.75, 3.05) is 20.8 Å². The van der Waals surface area contributed by atoms with E-state index in [9.17, 15) is 9.00 Å². The second kappa shape index (κ2) is 9.37. The first-order chi connectivity index (χ1) is 14.0.